The lowest BCUT2D eigenvalue weighted by Gasteiger charge is -2.35. The Morgan fingerprint density at radius 2 is 1.62 bits per heavy atom. The second kappa shape index (κ2) is 8.89. The predicted molar refractivity (Wildman–Crippen MR) is 130 cm³/mol. The van der Waals surface area contributed by atoms with Crippen LogP contribution in [0.1, 0.15) is 17.9 Å². The van der Waals surface area contributed by atoms with E-state index in [0.29, 0.717) is 60.3 Å². The molecule has 1 saturated carbocycles. The predicted octanol–water partition coefficient (Wildman–Crippen LogP) is 2.69. The van der Waals surface area contributed by atoms with E-state index in [9.17, 15) is 4.79 Å². The number of anilines is 2. The number of hydrogen-bond donors (Lipinski definition) is 1. The number of ether oxygens (including phenoxy) is 3. The normalized spacial score (nSPS) is 19.7. The van der Waals surface area contributed by atoms with Crippen molar-refractivity contribution < 1.29 is 19.0 Å². The molecule has 1 amide bonds. The first-order valence-electron chi connectivity index (χ1n) is 11.4. The maximum atomic E-state index is 13.1. The molecule has 0 unspecified atom stereocenters. The van der Waals surface area contributed by atoms with Crippen LogP contribution in [0.15, 0.2) is 36.4 Å². The standard InChI is InChI=1S/C25H29N5O4/c1-32-20-7-5-4-6-15(20)16-12-17(16)24(31)29-8-10-30(11-9-29)25-27-19-14-22(34-3)21(33-2)13-18(19)23(26)28-25/h4-7,13-14,16-17H,8-12H2,1-3H3,(H2,26,27,28)/t16-,17+/m0/s1. The van der Waals surface area contributed by atoms with E-state index in [0.717, 1.165) is 17.7 Å². The Labute approximate surface area is 198 Å². The molecule has 2 aromatic carbocycles. The largest absolute Gasteiger partial charge is 0.496 e. The summed E-state index contributed by atoms with van der Waals surface area (Å²) in [4.78, 5) is 26.4. The molecule has 34 heavy (non-hydrogen) atoms. The molecule has 178 valence electrons. The highest BCUT2D eigenvalue weighted by Gasteiger charge is 2.47. The zero-order chi connectivity index (χ0) is 23.8. The number of nitrogens with zero attached hydrogens (tertiary/aromatic N) is 4. The highest BCUT2D eigenvalue weighted by atomic mass is 16.5. The number of carbonyl (C=O) groups excluding carboxylic acids is 1. The molecule has 9 heteroatoms. The monoisotopic (exact) mass is 463 g/mol. The zero-order valence-corrected chi connectivity index (χ0v) is 19.7. The van der Waals surface area contributed by atoms with E-state index in [1.54, 1.807) is 33.5 Å². The van der Waals surface area contributed by atoms with Crippen molar-refractivity contribution >= 4 is 28.6 Å². The number of hydrogen-bond acceptors (Lipinski definition) is 8. The van der Waals surface area contributed by atoms with Crippen molar-refractivity contribution in [1.82, 2.24) is 14.9 Å². The maximum absolute atomic E-state index is 13.1. The van der Waals surface area contributed by atoms with Gasteiger partial charge in [-0.15, -0.1) is 0 Å². The molecule has 1 aliphatic heterocycles. The fourth-order valence-corrected chi connectivity index (χ4v) is 4.75. The lowest BCUT2D eigenvalue weighted by Crippen LogP contribution is -2.49. The van der Waals surface area contributed by atoms with E-state index < -0.39 is 0 Å². The van der Waals surface area contributed by atoms with Crippen molar-refractivity contribution in [1.29, 1.82) is 0 Å². The Kier molecular flexibility index (Phi) is 5.77. The number of piperazine rings is 1. The molecule has 0 radical (unpaired) electrons. The smallest absolute Gasteiger partial charge is 0.228 e. The molecule has 2 fully saturated rings. The number of benzene rings is 2. The summed E-state index contributed by atoms with van der Waals surface area (Å²) in [6.07, 6.45) is 0.870. The van der Waals surface area contributed by atoms with Crippen molar-refractivity contribution in [3.05, 3.63) is 42.0 Å². The quantitative estimate of drug-likeness (QED) is 0.595. The van der Waals surface area contributed by atoms with Gasteiger partial charge >= 0.3 is 0 Å². The molecular weight excluding hydrogens is 434 g/mol. The first-order chi connectivity index (χ1) is 16.5. The fraction of sp³-hybridized carbons (Fsp3) is 0.400. The maximum Gasteiger partial charge on any atom is 0.228 e. The van der Waals surface area contributed by atoms with Crippen molar-refractivity contribution in [3.63, 3.8) is 0 Å². The number of aromatic nitrogens is 2. The lowest BCUT2D eigenvalue weighted by atomic mass is 10.1. The first-order valence-corrected chi connectivity index (χ1v) is 11.4. The van der Waals surface area contributed by atoms with Gasteiger partial charge in [0.25, 0.3) is 0 Å². The van der Waals surface area contributed by atoms with Gasteiger partial charge in [-0.3, -0.25) is 4.79 Å². The summed E-state index contributed by atoms with van der Waals surface area (Å²) in [5, 5.41) is 0.714. The van der Waals surface area contributed by atoms with E-state index in [2.05, 4.69) is 16.0 Å². The molecule has 0 bridgehead atoms. The van der Waals surface area contributed by atoms with Gasteiger partial charge in [-0.1, -0.05) is 18.2 Å². The van der Waals surface area contributed by atoms with Gasteiger partial charge in [-0.25, -0.2) is 4.98 Å². The number of nitrogens with two attached hydrogens (primary N) is 1. The van der Waals surface area contributed by atoms with Crippen LogP contribution in [0.4, 0.5) is 11.8 Å². The van der Waals surface area contributed by atoms with Gasteiger partial charge in [0, 0.05) is 43.5 Å². The average Bonchev–Trinajstić information content (AvgIpc) is 3.68. The minimum Gasteiger partial charge on any atom is -0.496 e. The van der Waals surface area contributed by atoms with Gasteiger partial charge in [-0.2, -0.15) is 4.98 Å². The highest BCUT2D eigenvalue weighted by Crippen LogP contribution is 2.51. The van der Waals surface area contributed by atoms with Crippen LogP contribution in [0.3, 0.4) is 0 Å². The number of methoxy groups -OCH3 is 3. The minimum atomic E-state index is 0.0258. The van der Waals surface area contributed by atoms with Crippen LogP contribution in [-0.4, -0.2) is 68.3 Å². The summed E-state index contributed by atoms with van der Waals surface area (Å²) < 4.78 is 16.2. The molecule has 9 nitrogen and oxygen atoms in total. The SMILES string of the molecule is COc1cc2nc(N3CCN(C(=O)[C@@H]4C[C@H]4c4ccccc4OC)CC3)nc(N)c2cc1OC. The lowest BCUT2D eigenvalue weighted by molar-refractivity contribution is -0.133. The summed E-state index contributed by atoms with van der Waals surface area (Å²) in [6.45, 7) is 2.55. The molecular formula is C25H29N5O4. The van der Waals surface area contributed by atoms with E-state index in [-0.39, 0.29) is 17.7 Å². The van der Waals surface area contributed by atoms with Crippen LogP contribution >= 0.6 is 0 Å². The molecule has 1 aromatic heterocycles. The van der Waals surface area contributed by atoms with E-state index in [1.165, 1.54) is 0 Å². The molecule has 2 atom stereocenters. The Bertz CT molecular complexity index is 1230. The van der Waals surface area contributed by atoms with Crippen LogP contribution in [-0.2, 0) is 4.79 Å². The summed E-state index contributed by atoms with van der Waals surface area (Å²) in [7, 11) is 4.84. The Morgan fingerprint density at radius 1 is 0.941 bits per heavy atom. The topological polar surface area (TPSA) is 103 Å². The summed E-state index contributed by atoms with van der Waals surface area (Å²) in [5.74, 6) is 3.44. The molecule has 2 aliphatic rings. The van der Waals surface area contributed by atoms with E-state index in [4.69, 9.17) is 24.9 Å². The molecule has 1 aliphatic carbocycles. The number of fused-ring (bicyclic) bond motifs is 1. The van der Waals surface area contributed by atoms with Crippen molar-refractivity contribution in [3.8, 4) is 17.2 Å². The average molecular weight is 464 g/mol. The Hall–Kier alpha value is -3.75. The molecule has 1 saturated heterocycles. The van der Waals surface area contributed by atoms with Crippen molar-refractivity contribution in [2.75, 3.05) is 58.1 Å². The van der Waals surface area contributed by atoms with Crippen LogP contribution in [0.2, 0.25) is 0 Å². The summed E-state index contributed by atoms with van der Waals surface area (Å²) in [5.41, 5.74) is 8.06. The molecule has 0 spiro atoms. The number of amides is 1. The Balaban J connectivity index is 1.27. The van der Waals surface area contributed by atoms with Crippen LogP contribution in [0.25, 0.3) is 10.9 Å². The van der Waals surface area contributed by atoms with Gasteiger partial charge in [-0.05, 0) is 30.0 Å². The third-order valence-corrected chi connectivity index (χ3v) is 6.74. The Morgan fingerprint density at radius 3 is 2.32 bits per heavy atom. The fourth-order valence-electron chi connectivity index (χ4n) is 4.75. The van der Waals surface area contributed by atoms with Gasteiger partial charge in [0.05, 0.1) is 26.8 Å². The minimum absolute atomic E-state index is 0.0258. The van der Waals surface area contributed by atoms with Crippen LogP contribution < -0.4 is 24.8 Å². The summed E-state index contributed by atoms with van der Waals surface area (Å²) >= 11 is 0. The number of carbonyl (C=O) groups is 1. The highest BCUT2D eigenvalue weighted by molar-refractivity contribution is 5.91. The molecule has 2 N–H and O–H groups in total. The van der Waals surface area contributed by atoms with Crippen molar-refractivity contribution in [2.24, 2.45) is 5.92 Å². The van der Waals surface area contributed by atoms with E-state index >= 15 is 0 Å². The number of nitrogen functional groups attached to an aromatic ring is 1. The van der Waals surface area contributed by atoms with Gasteiger partial charge in [0.15, 0.2) is 11.5 Å². The first kappa shape index (κ1) is 22.1. The van der Waals surface area contributed by atoms with Crippen LogP contribution in [0, 0.1) is 5.92 Å². The zero-order valence-electron chi connectivity index (χ0n) is 19.7. The van der Waals surface area contributed by atoms with Gasteiger partial charge in [0.1, 0.15) is 11.6 Å². The van der Waals surface area contributed by atoms with E-state index in [1.807, 2.05) is 23.1 Å². The number of para-hydroxylation sites is 1. The van der Waals surface area contributed by atoms with Crippen molar-refractivity contribution in [2.45, 2.75) is 12.3 Å². The van der Waals surface area contributed by atoms with Crippen LogP contribution in [0.5, 0.6) is 17.2 Å². The molecule has 3 aromatic rings. The molecule has 2 heterocycles. The third kappa shape index (κ3) is 3.91. The van der Waals surface area contributed by atoms with Gasteiger partial charge < -0.3 is 29.7 Å². The van der Waals surface area contributed by atoms with Gasteiger partial charge in [0.2, 0.25) is 11.9 Å². The number of rotatable bonds is 6. The third-order valence-electron chi connectivity index (χ3n) is 6.74. The summed E-state index contributed by atoms with van der Waals surface area (Å²) in [6, 6.07) is 11.6. The molecule has 5 rings (SSSR count). The second-order valence-corrected chi connectivity index (χ2v) is 8.64. The second-order valence-electron chi connectivity index (χ2n) is 8.64.